The van der Waals surface area contributed by atoms with Gasteiger partial charge in [-0.15, -0.1) is 11.3 Å². The predicted octanol–water partition coefficient (Wildman–Crippen LogP) is 5.10. The summed E-state index contributed by atoms with van der Waals surface area (Å²) in [5, 5.41) is 8.75. The number of hydrogen-bond donors (Lipinski definition) is 2. The van der Waals surface area contributed by atoms with Crippen LogP contribution in [-0.2, 0) is 15.9 Å². The molecule has 0 atom stereocenters. The number of thiophene rings is 1. The second-order valence-corrected chi connectivity index (χ2v) is 8.66. The number of hydrogen-bond acceptors (Lipinski definition) is 9. The van der Waals surface area contributed by atoms with Crippen molar-refractivity contribution in [3.05, 3.63) is 63.6 Å². The number of aliphatic imine (C=N–C) groups is 1. The number of carbonyl (C=O) groups is 1. The molecular weight excluding hydrogens is 464 g/mol. The molecule has 0 spiro atoms. The number of anilines is 5. The fraction of sp³-hybridized carbons (Fsp3) is 0.182. The minimum Gasteiger partial charge on any atom is -0.449 e. The van der Waals surface area contributed by atoms with Gasteiger partial charge in [0, 0.05) is 19.2 Å². The Labute approximate surface area is 198 Å². The zero-order valence-corrected chi connectivity index (χ0v) is 19.2. The van der Waals surface area contributed by atoms with Crippen LogP contribution in [0.15, 0.2) is 53.2 Å². The van der Waals surface area contributed by atoms with Gasteiger partial charge in [0.15, 0.2) is 5.82 Å². The van der Waals surface area contributed by atoms with Gasteiger partial charge in [0.25, 0.3) is 0 Å². The number of ether oxygens (including phenoxy) is 2. The van der Waals surface area contributed by atoms with Gasteiger partial charge in [-0.25, -0.2) is 14.8 Å². The molecule has 0 aliphatic carbocycles. The Balaban J connectivity index is 1.37. The summed E-state index contributed by atoms with van der Waals surface area (Å²) in [4.78, 5) is 27.4. The fourth-order valence-electron chi connectivity index (χ4n) is 3.46. The molecule has 0 radical (unpaired) electrons. The van der Waals surface area contributed by atoms with Crippen molar-refractivity contribution in [1.82, 2.24) is 9.97 Å². The third kappa shape index (κ3) is 4.35. The third-order valence-electron chi connectivity index (χ3n) is 5.06. The zero-order valence-electron chi connectivity index (χ0n) is 17.6. The lowest BCUT2D eigenvalue weighted by Gasteiger charge is -2.17. The summed E-state index contributed by atoms with van der Waals surface area (Å²) < 4.78 is 10.8. The molecule has 2 aliphatic rings. The van der Waals surface area contributed by atoms with Gasteiger partial charge in [-0.3, -0.25) is 4.90 Å². The predicted molar refractivity (Wildman–Crippen MR) is 129 cm³/mol. The summed E-state index contributed by atoms with van der Waals surface area (Å²) in [6.45, 7) is 4.58. The van der Waals surface area contributed by atoms with Crippen LogP contribution >= 0.6 is 22.9 Å². The second kappa shape index (κ2) is 8.72. The number of amides is 1. The van der Waals surface area contributed by atoms with Gasteiger partial charge in [0.1, 0.15) is 22.2 Å². The number of cyclic esters (lactones) is 1. The van der Waals surface area contributed by atoms with E-state index in [9.17, 15) is 4.79 Å². The van der Waals surface area contributed by atoms with E-state index < -0.39 is 0 Å². The average molecular weight is 483 g/mol. The first-order valence-corrected chi connectivity index (χ1v) is 11.3. The molecule has 3 aromatic rings. The van der Waals surface area contributed by atoms with E-state index in [1.54, 1.807) is 7.05 Å². The number of nitrogens with one attached hydrogen (secondary N) is 2. The maximum absolute atomic E-state index is 11.9. The lowest BCUT2D eigenvalue weighted by Crippen LogP contribution is -2.25. The number of carbonyl (C=O) groups excluding carboxylic acids is 1. The molecule has 0 unspecified atom stereocenters. The van der Waals surface area contributed by atoms with E-state index in [2.05, 4.69) is 32.2 Å². The fourth-order valence-corrected chi connectivity index (χ4v) is 4.39. The Morgan fingerprint density at radius 1 is 1.27 bits per heavy atom. The third-order valence-corrected chi connectivity index (χ3v) is 6.24. The summed E-state index contributed by atoms with van der Waals surface area (Å²) in [5.74, 6) is 1.95. The molecule has 0 bridgehead atoms. The van der Waals surface area contributed by atoms with Crippen molar-refractivity contribution in [3.63, 3.8) is 0 Å². The zero-order chi connectivity index (χ0) is 22.9. The van der Waals surface area contributed by atoms with Crippen molar-refractivity contribution in [3.8, 4) is 0 Å². The lowest BCUT2D eigenvalue weighted by molar-refractivity contribution is 0.159. The van der Waals surface area contributed by atoms with Gasteiger partial charge in [-0.2, -0.15) is 4.98 Å². The van der Waals surface area contributed by atoms with Crippen LogP contribution in [-0.4, -0.2) is 42.2 Å². The molecule has 33 heavy (non-hydrogen) atoms. The molecule has 9 nitrogen and oxygen atoms in total. The highest BCUT2D eigenvalue weighted by Crippen LogP contribution is 2.32. The van der Waals surface area contributed by atoms with E-state index in [1.165, 1.54) is 22.4 Å². The molecule has 1 aromatic carbocycles. The van der Waals surface area contributed by atoms with Crippen LogP contribution < -0.4 is 15.5 Å². The standard InChI is InChI=1S/C22H19ClN6O3S/c1-12-10-24-20(32-12)18-16(6-8-33-18)27-19-15(23)11-25-21(28-19)26-14-3-4-17-13(9-14)5-7-31-22(30)29(17)2/h3-4,6,8-9,11H,1,5,7,10H2,2H3,(H2,25,26,27,28). The summed E-state index contributed by atoms with van der Waals surface area (Å²) in [6.07, 6.45) is 1.78. The second-order valence-electron chi connectivity index (χ2n) is 7.33. The number of halogens is 1. The molecule has 0 saturated carbocycles. The van der Waals surface area contributed by atoms with Gasteiger partial charge in [0.05, 0.1) is 24.2 Å². The average Bonchev–Trinajstić information content (AvgIpc) is 3.41. The summed E-state index contributed by atoms with van der Waals surface area (Å²) in [7, 11) is 1.69. The molecule has 2 aromatic heterocycles. The maximum atomic E-state index is 11.9. The highest BCUT2D eigenvalue weighted by atomic mass is 35.5. The lowest BCUT2D eigenvalue weighted by atomic mass is 10.1. The van der Waals surface area contributed by atoms with E-state index in [0.29, 0.717) is 48.0 Å². The van der Waals surface area contributed by atoms with Crippen molar-refractivity contribution < 1.29 is 14.3 Å². The van der Waals surface area contributed by atoms with Crippen LogP contribution in [0.5, 0.6) is 0 Å². The normalized spacial score (nSPS) is 15.3. The van der Waals surface area contributed by atoms with E-state index in [0.717, 1.165) is 27.5 Å². The Morgan fingerprint density at radius 3 is 2.97 bits per heavy atom. The monoisotopic (exact) mass is 482 g/mol. The molecule has 4 heterocycles. The van der Waals surface area contributed by atoms with Gasteiger partial charge < -0.3 is 20.1 Å². The van der Waals surface area contributed by atoms with Crippen LogP contribution in [0.4, 0.5) is 33.6 Å². The summed E-state index contributed by atoms with van der Waals surface area (Å²) in [5.41, 5.74) is 3.36. The minimum absolute atomic E-state index is 0.330. The van der Waals surface area contributed by atoms with Crippen molar-refractivity contribution >= 4 is 63.8 Å². The van der Waals surface area contributed by atoms with Crippen molar-refractivity contribution in [2.24, 2.45) is 4.99 Å². The van der Waals surface area contributed by atoms with Gasteiger partial charge >= 0.3 is 6.09 Å². The molecule has 2 N–H and O–H groups in total. The van der Waals surface area contributed by atoms with Crippen LogP contribution in [0.3, 0.4) is 0 Å². The number of rotatable bonds is 5. The molecule has 11 heteroatoms. The van der Waals surface area contributed by atoms with E-state index in [1.807, 2.05) is 29.6 Å². The number of nitrogens with zero attached hydrogens (tertiary/aromatic N) is 4. The molecule has 1 amide bonds. The van der Waals surface area contributed by atoms with Gasteiger partial charge in [-0.05, 0) is 35.2 Å². The van der Waals surface area contributed by atoms with Crippen molar-refractivity contribution in [1.29, 1.82) is 0 Å². The van der Waals surface area contributed by atoms with Crippen LogP contribution in [0, 0.1) is 0 Å². The first kappa shape index (κ1) is 21.2. The van der Waals surface area contributed by atoms with Crippen LogP contribution in [0.1, 0.15) is 10.4 Å². The number of benzene rings is 1. The highest BCUT2D eigenvalue weighted by Gasteiger charge is 2.21. The molecule has 168 valence electrons. The molecule has 0 fully saturated rings. The number of aromatic nitrogens is 2. The highest BCUT2D eigenvalue weighted by molar-refractivity contribution is 7.12. The largest absolute Gasteiger partial charge is 0.449 e. The van der Waals surface area contributed by atoms with Crippen LogP contribution in [0.2, 0.25) is 5.02 Å². The van der Waals surface area contributed by atoms with Crippen LogP contribution in [0.25, 0.3) is 0 Å². The molecular formula is C22H19ClN6O3S. The Bertz CT molecular complexity index is 1290. The molecule has 0 saturated heterocycles. The Morgan fingerprint density at radius 2 is 2.15 bits per heavy atom. The van der Waals surface area contributed by atoms with E-state index in [4.69, 9.17) is 21.1 Å². The topological polar surface area (TPSA) is 101 Å². The van der Waals surface area contributed by atoms with Gasteiger partial charge in [0.2, 0.25) is 11.8 Å². The van der Waals surface area contributed by atoms with E-state index in [-0.39, 0.29) is 6.09 Å². The van der Waals surface area contributed by atoms with Crippen molar-refractivity contribution in [2.75, 3.05) is 35.7 Å². The Hall–Kier alpha value is -3.63. The van der Waals surface area contributed by atoms with Gasteiger partial charge in [-0.1, -0.05) is 18.2 Å². The first-order chi connectivity index (χ1) is 16.0. The first-order valence-electron chi connectivity index (χ1n) is 10.1. The van der Waals surface area contributed by atoms with E-state index >= 15 is 0 Å². The van der Waals surface area contributed by atoms with Crippen molar-refractivity contribution in [2.45, 2.75) is 6.42 Å². The Kier molecular flexibility index (Phi) is 5.61. The summed E-state index contributed by atoms with van der Waals surface area (Å²) in [6, 6.07) is 7.59. The molecule has 2 aliphatic heterocycles. The SMILES string of the molecule is C=C1CN=C(c2sccc2Nc2nc(Nc3ccc4c(c3)CCOC(=O)N4C)ncc2Cl)O1. The summed E-state index contributed by atoms with van der Waals surface area (Å²) >= 11 is 7.85. The smallest absolute Gasteiger partial charge is 0.414 e. The quantitative estimate of drug-likeness (QED) is 0.521. The minimum atomic E-state index is -0.364. The molecule has 5 rings (SSSR count). The number of fused-ring (bicyclic) bond motifs is 1. The maximum Gasteiger partial charge on any atom is 0.414 e.